The zero-order chi connectivity index (χ0) is 19.2. The Labute approximate surface area is 156 Å². The summed E-state index contributed by atoms with van der Waals surface area (Å²) in [6.45, 7) is 3.30. The van der Waals surface area contributed by atoms with Gasteiger partial charge in [0.05, 0.1) is 16.9 Å². The van der Waals surface area contributed by atoms with Crippen molar-refractivity contribution in [1.29, 1.82) is 0 Å². The lowest BCUT2D eigenvalue weighted by atomic mass is 10.1. The molecule has 0 aliphatic carbocycles. The highest BCUT2D eigenvalue weighted by Crippen LogP contribution is 2.22. The molecule has 0 fully saturated rings. The van der Waals surface area contributed by atoms with Crippen molar-refractivity contribution in [1.82, 2.24) is 5.16 Å². The van der Waals surface area contributed by atoms with Gasteiger partial charge in [-0.05, 0) is 38.1 Å². The van der Waals surface area contributed by atoms with E-state index in [9.17, 15) is 9.59 Å². The van der Waals surface area contributed by atoms with Gasteiger partial charge in [0, 0.05) is 11.8 Å². The number of aryl methyl sites for hydroxylation is 2. The van der Waals surface area contributed by atoms with Gasteiger partial charge in [0.2, 0.25) is 5.88 Å². The first-order chi connectivity index (χ1) is 13.0. The molecule has 0 saturated heterocycles. The molecule has 3 aromatic rings. The lowest BCUT2D eigenvalue weighted by molar-refractivity contribution is -0.119. The predicted octanol–water partition coefficient (Wildman–Crippen LogP) is 3.83. The van der Waals surface area contributed by atoms with Crippen LogP contribution in [0, 0.1) is 13.8 Å². The number of carbonyl (C=O) groups is 2. The van der Waals surface area contributed by atoms with Crippen LogP contribution in [-0.2, 0) is 9.53 Å². The van der Waals surface area contributed by atoms with E-state index in [4.69, 9.17) is 9.26 Å². The first-order valence-corrected chi connectivity index (χ1v) is 8.34. The fourth-order valence-electron chi connectivity index (χ4n) is 2.37. The van der Waals surface area contributed by atoms with Crippen LogP contribution in [0.15, 0.2) is 59.1 Å². The van der Waals surface area contributed by atoms with Crippen LogP contribution in [0.25, 0.3) is 0 Å². The zero-order valence-electron chi connectivity index (χ0n) is 15.0. The van der Waals surface area contributed by atoms with Gasteiger partial charge < -0.3 is 14.6 Å². The third-order valence-corrected chi connectivity index (χ3v) is 3.70. The largest absolute Gasteiger partial charge is 0.452 e. The number of carbonyl (C=O) groups excluding carboxylic acids is 2. The Bertz CT molecular complexity index is 948. The van der Waals surface area contributed by atoms with E-state index < -0.39 is 18.5 Å². The molecule has 0 saturated carbocycles. The van der Waals surface area contributed by atoms with Crippen molar-refractivity contribution in [3.8, 4) is 0 Å². The summed E-state index contributed by atoms with van der Waals surface area (Å²) in [6.07, 6.45) is 0. The molecule has 0 atom stereocenters. The van der Waals surface area contributed by atoms with E-state index in [1.165, 1.54) is 0 Å². The number of benzene rings is 2. The smallest absolute Gasteiger partial charge is 0.340 e. The molecule has 27 heavy (non-hydrogen) atoms. The molecular weight excluding hydrogens is 346 g/mol. The van der Waals surface area contributed by atoms with Crippen molar-refractivity contribution in [2.75, 3.05) is 17.2 Å². The van der Waals surface area contributed by atoms with E-state index in [1.54, 1.807) is 31.2 Å². The van der Waals surface area contributed by atoms with Gasteiger partial charge in [-0.25, -0.2) is 4.79 Å². The number of para-hydroxylation sites is 1. The van der Waals surface area contributed by atoms with Crippen LogP contribution in [0.1, 0.15) is 21.6 Å². The minimum absolute atomic E-state index is 0.204. The number of amides is 1. The van der Waals surface area contributed by atoms with Gasteiger partial charge in [0.25, 0.3) is 5.91 Å². The van der Waals surface area contributed by atoms with E-state index in [-0.39, 0.29) is 5.88 Å². The summed E-state index contributed by atoms with van der Waals surface area (Å²) < 4.78 is 10.0. The maximum absolute atomic E-state index is 12.4. The van der Waals surface area contributed by atoms with Gasteiger partial charge in [0.1, 0.15) is 0 Å². The Morgan fingerprint density at radius 3 is 2.52 bits per heavy atom. The highest BCUT2D eigenvalue weighted by atomic mass is 16.5. The normalized spacial score (nSPS) is 10.3. The average Bonchev–Trinajstić information content (AvgIpc) is 3.07. The Morgan fingerprint density at radius 1 is 1.07 bits per heavy atom. The standard InChI is InChI=1S/C20H19N3O4/c1-13-7-9-15(10-8-13)21-17-6-4-3-5-16(17)20(25)26-12-18(24)22-19-11-14(2)23-27-19/h3-11,21H,12H2,1-2H3,(H,22,24). The summed E-state index contributed by atoms with van der Waals surface area (Å²) in [5, 5.41) is 9.32. The van der Waals surface area contributed by atoms with Crippen molar-refractivity contribution in [3.05, 3.63) is 71.4 Å². The maximum atomic E-state index is 12.4. The highest BCUT2D eigenvalue weighted by molar-refractivity contribution is 5.98. The van der Waals surface area contributed by atoms with E-state index in [0.29, 0.717) is 16.9 Å². The van der Waals surface area contributed by atoms with Crippen molar-refractivity contribution in [2.24, 2.45) is 0 Å². The SMILES string of the molecule is Cc1ccc(Nc2ccccc2C(=O)OCC(=O)Nc2cc(C)no2)cc1. The molecule has 2 aromatic carbocycles. The molecule has 2 N–H and O–H groups in total. The lowest BCUT2D eigenvalue weighted by Crippen LogP contribution is -2.21. The Kier molecular flexibility index (Phi) is 5.51. The number of rotatable bonds is 6. The molecule has 0 unspecified atom stereocenters. The van der Waals surface area contributed by atoms with Gasteiger partial charge in [0.15, 0.2) is 6.61 Å². The quantitative estimate of drug-likeness (QED) is 0.645. The molecule has 0 bridgehead atoms. The lowest BCUT2D eigenvalue weighted by Gasteiger charge is -2.12. The van der Waals surface area contributed by atoms with Gasteiger partial charge in [-0.15, -0.1) is 0 Å². The second-order valence-corrected chi connectivity index (χ2v) is 5.99. The van der Waals surface area contributed by atoms with Crippen molar-refractivity contribution < 1.29 is 18.8 Å². The van der Waals surface area contributed by atoms with Crippen molar-refractivity contribution in [3.63, 3.8) is 0 Å². The Balaban J connectivity index is 1.62. The number of hydrogen-bond donors (Lipinski definition) is 2. The first-order valence-electron chi connectivity index (χ1n) is 8.34. The zero-order valence-corrected chi connectivity index (χ0v) is 15.0. The number of nitrogens with zero attached hydrogens (tertiary/aromatic N) is 1. The van der Waals surface area contributed by atoms with Crippen LogP contribution in [0.2, 0.25) is 0 Å². The predicted molar refractivity (Wildman–Crippen MR) is 101 cm³/mol. The fraction of sp³-hybridized carbons (Fsp3) is 0.150. The van der Waals surface area contributed by atoms with E-state index in [1.807, 2.05) is 37.3 Å². The number of hydrogen-bond acceptors (Lipinski definition) is 6. The summed E-state index contributed by atoms with van der Waals surface area (Å²) in [4.78, 5) is 24.3. The highest BCUT2D eigenvalue weighted by Gasteiger charge is 2.15. The Hall–Kier alpha value is -3.61. The van der Waals surface area contributed by atoms with Gasteiger partial charge in [-0.3, -0.25) is 10.1 Å². The minimum Gasteiger partial charge on any atom is -0.452 e. The van der Waals surface area contributed by atoms with Gasteiger partial charge in [-0.1, -0.05) is 35.0 Å². The molecule has 138 valence electrons. The van der Waals surface area contributed by atoms with Crippen LogP contribution in [0.5, 0.6) is 0 Å². The van der Waals surface area contributed by atoms with Crippen LogP contribution < -0.4 is 10.6 Å². The van der Waals surface area contributed by atoms with Crippen LogP contribution in [0.4, 0.5) is 17.3 Å². The molecule has 7 nitrogen and oxygen atoms in total. The van der Waals surface area contributed by atoms with E-state index in [2.05, 4.69) is 15.8 Å². The monoisotopic (exact) mass is 365 g/mol. The molecule has 0 spiro atoms. The maximum Gasteiger partial charge on any atom is 0.340 e. The summed E-state index contributed by atoms with van der Waals surface area (Å²) in [5.74, 6) is -0.910. The number of ether oxygens (including phenoxy) is 1. The molecule has 0 aliphatic heterocycles. The van der Waals surface area contributed by atoms with E-state index >= 15 is 0 Å². The second kappa shape index (κ2) is 8.18. The molecule has 0 aliphatic rings. The summed E-state index contributed by atoms with van der Waals surface area (Å²) >= 11 is 0. The molecule has 3 rings (SSSR count). The number of nitrogens with one attached hydrogen (secondary N) is 2. The van der Waals surface area contributed by atoms with Gasteiger partial charge >= 0.3 is 5.97 Å². The number of aromatic nitrogens is 1. The summed E-state index contributed by atoms with van der Waals surface area (Å²) in [5.41, 5.74) is 3.55. The van der Waals surface area contributed by atoms with Crippen molar-refractivity contribution in [2.45, 2.75) is 13.8 Å². The summed E-state index contributed by atoms with van der Waals surface area (Å²) in [7, 11) is 0. The third kappa shape index (κ3) is 4.94. The number of anilines is 3. The molecular formula is C20H19N3O4. The van der Waals surface area contributed by atoms with E-state index in [0.717, 1.165) is 11.3 Å². The minimum atomic E-state index is -0.603. The fourth-order valence-corrected chi connectivity index (χ4v) is 2.37. The Morgan fingerprint density at radius 2 is 1.81 bits per heavy atom. The van der Waals surface area contributed by atoms with Gasteiger partial charge in [-0.2, -0.15) is 0 Å². The first kappa shape index (κ1) is 18.2. The average molecular weight is 365 g/mol. The van der Waals surface area contributed by atoms with Crippen LogP contribution in [-0.4, -0.2) is 23.6 Å². The topological polar surface area (TPSA) is 93.5 Å². The second-order valence-electron chi connectivity index (χ2n) is 5.99. The number of esters is 1. The molecule has 1 amide bonds. The van der Waals surface area contributed by atoms with Crippen molar-refractivity contribution >= 4 is 29.1 Å². The molecule has 1 aromatic heterocycles. The van der Waals surface area contributed by atoms with Crippen LogP contribution >= 0.6 is 0 Å². The molecule has 1 heterocycles. The van der Waals surface area contributed by atoms with Crippen LogP contribution in [0.3, 0.4) is 0 Å². The molecule has 7 heteroatoms. The third-order valence-electron chi connectivity index (χ3n) is 3.70. The summed E-state index contributed by atoms with van der Waals surface area (Å²) in [6, 6.07) is 16.3. The molecule has 0 radical (unpaired) electrons.